The largest absolute Gasteiger partial charge is 0.376 e. The molecule has 0 bridgehead atoms. The molecule has 0 aliphatic carbocycles. The number of aryl methyl sites for hydroxylation is 3. The predicted molar refractivity (Wildman–Crippen MR) is 93.3 cm³/mol. The van der Waals surface area contributed by atoms with Crippen molar-refractivity contribution in [3.05, 3.63) is 47.3 Å². The minimum Gasteiger partial charge on any atom is -0.376 e. The summed E-state index contributed by atoms with van der Waals surface area (Å²) in [5.41, 5.74) is 4.34. The number of hydrogen-bond donors (Lipinski definition) is 1. The molecule has 5 nitrogen and oxygen atoms in total. The maximum Gasteiger partial charge on any atom is 0.220 e. The summed E-state index contributed by atoms with van der Waals surface area (Å²) in [6.07, 6.45) is 3.60. The summed E-state index contributed by atoms with van der Waals surface area (Å²) >= 11 is 0. The summed E-state index contributed by atoms with van der Waals surface area (Å²) in [5, 5.41) is 7.45. The van der Waals surface area contributed by atoms with Crippen molar-refractivity contribution < 1.29 is 9.53 Å². The Bertz CT molecular complexity index is 685. The predicted octanol–water partition coefficient (Wildman–Crippen LogP) is 2.72. The highest BCUT2D eigenvalue weighted by molar-refractivity contribution is 5.76. The van der Waals surface area contributed by atoms with Gasteiger partial charge in [-0.3, -0.25) is 4.79 Å². The minimum atomic E-state index is 0.0909. The van der Waals surface area contributed by atoms with Crippen molar-refractivity contribution in [2.45, 2.75) is 45.6 Å². The molecule has 1 aromatic heterocycles. The van der Waals surface area contributed by atoms with E-state index in [1.807, 2.05) is 18.5 Å². The molecular formula is C19H25N3O2. The van der Waals surface area contributed by atoms with Gasteiger partial charge >= 0.3 is 0 Å². The van der Waals surface area contributed by atoms with Gasteiger partial charge in [-0.2, -0.15) is 5.10 Å². The molecule has 1 aromatic carbocycles. The Hall–Kier alpha value is -2.14. The van der Waals surface area contributed by atoms with Gasteiger partial charge in [-0.05, 0) is 56.9 Å². The Kier molecular flexibility index (Phi) is 5.30. The fourth-order valence-corrected chi connectivity index (χ4v) is 3.07. The molecule has 1 saturated heterocycles. The number of carbonyl (C=O) groups is 1. The van der Waals surface area contributed by atoms with Gasteiger partial charge in [0.2, 0.25) is 5.91 Å². The normalized spacial score (nSPS) is 17.2. The van der Waals surface area contributed by atoms with Gasteiger partial charge in [0, 0.05) is 25.3 Å². The summed E-state index contributed by atoms with van der Waals surface area (Å²) in [7, 11) is 0. The highest BCUT2D eigenvalue weighted by Crippen LogP contribution is 2.14. The van der Waals surface area contributed by atoms with E-state index in [0.717, 1.165) is 48.5 Å². The molecule has 1 unspecified atom stereocenters. The highest BCUT2D eigenvalue weighted by atomic mass is 16.5. The van der Waals surface area contributed by atoms with Crippen LogP contribution in [0.3, 0.4) is 0 Å². The fraction of sp³-hybridized carbons (Fsp3) is 0.474. The second kappa shape index (κ2) is 7.62. The first-order chi connectivity index (χ1) is 11.6. The zero-order valence-electron chi connectivity index (χ0n) is 14.4. The van der Waals surface area contributed by atoms with Crippen LogP contribution in [-0.4, -0.2) is 34.9 Å². The number of rotatable bonds is 6. The van der Waals surface area contributed by atoms with Crippen molar-refractivity contribution in [2.24, 2.45) is 0 Å². The smallest absolute Gasteiger partial charge is 0.220 e. The Morgan fingerprint density at radius 3 is 2.75 bits per heavy atom. The lowest BCUT2D eigenvalue weighted by atomic mass is 10.1. The van der Waals surface area contributed by atoms with Crippen LogP contribution in [0.4, 0.5) is 0 Å². The summed E-state index contributed by atoms with van der Waals surface area (Å²) < 4.78 is 7.45. The van der Waals surface area contributed by atoms with Crippen LogP contribution in [0, 0.1) is 13.8 Å². The highest BCUT2D eigenvalue weighted by Gasteiger charge is 2.16. The summed E-state index contributed by atoms with van der Waals surface area (Å²) in [6, 6.07) is 10.3. The van der Waals surface area contributed by atoms with E-state index in [1.165, 1.54) is 0 Å². The van der Waals surface area contributed by atoms with Crippen LogP contribution < -0.4 is 5.32 Å². The number of nitrogens with zero attached hydrogens (tertiary/aromatic N) is 2. The molecular weight excluding hydrogens is 302 g/mol. The first-order valence-corrected chi connectivity index (χ1v) is 8.63. The van der Waals surface area contributed by atoms with Gasteiger partial charge in [0.1, 0.15) is 0 Å². The van der Waals surface area contributed by atoms with Gasteiger partial charge in [0.25, 0.3) is 0 Å². The first kappa shape index (κ1) is 16.7. The number of hydrogen-bond acceptors (Lipinski definition) is 3. The van der Waals surface area contributed by atoms with E-state index in [1.54, 1.807) is 0 Å². The molecule has 1 N–H and O–H groups in total. The molecule has 24 heavy (non-hydrogen) atoms. The van der Waals surface area contributed by atoms with E-state index in [-0.39, 0.29) is 12.0 Å². The molecule has 2 aromatic rings. The van der Waals surface area contributed by atoms with Crippen LogP contribution in [0.15, 0.2) is 30.3 Å². The molecule has 0 spiro atoms. The average Bonchev–Trinajstić information content (AvgIpc) is 3.21. The third kappa shape index (κ3) is 4.23. The molecule has 1 atom stereocenters. The van der Waals surface area contributed by atoms with E-state index in [9.17, 15) is 4.79 Å². The molecule has 1 aliphatic heterocycles. The molecule has 5 heteroatoms. The second-order valence-corrected chi connectivity index (χ2v) is 6.44. The molecule has 2 heterocycles. The average molecular weight is 327 g/mol. The van der Waals surface area contributed by atoms with Crippen molar-refractivity contribution in [3.63, 3.8) is 0 Å². The Balaban J connectivity index is 1.49. The third-order valence-corrected chi connectivity index (χ3v) is 4.38. The van der Waals surface area contributed by atoms with Crippen LogP contribution in [0.2, 0.25) is 0 Å². The summed E-state index contributed by atoms with van der Waals surface area (Å²) in [6.45, 7) is 5.50. The van der Waals surface area contributed by atoms with Gasteiger partial charge in [0.15, 0.2) is 0 Å². The summed E-state index contributed by atoms with van der Waals surface area (Å²) in [5.74, 6) is 0.0909. The number of ether oxygens (including phenoxy) is 1. The van der Waals surface area contributed by atoms with Crippen molar-refractivity contribution in [3.8, 4) is 5.69 Å². The third-order valence-electron chi connectivity index (χ3n) is 4.38. The Morgan fingerprint density at radius 1 is 1.33 bits per heavy atom. The summed E-state index contributed by atoms with van der Waals surface area (Å²) in [4.78, 5) is 11.9. The van der Waals surface area contributed by atoms with Crippen LogP contribution in [0.25, 0.3) is 5.69 Å². The van der Waals surface area contributed by atoms with Gasteiger partial charge in [0.05, 0.1) is 17.5 Å². The second-order valence-electron chi connectivity index (χ2n) is 6.44. The van der Waals surface area contributed by atoms with Gasteiger partial charge in [-0.15, -0.1) is 0 Å². The Morgan fingerprint density at radius 2 is 2.12 bits per heavy atom. The van der Waals surface area contributed by atoms with E-state index in [2.05, 4.69) is 40.7 Å². The zero-order chi connectivity index (χ0) is 16.9. The molecule has 1 amide bonds. The first-order valence-electron chi connectivity index (χ1n) is 8.63. The van der Waals surface area contributed by atoms with Crippen molar-refractivity contribution in [2.75, 3.05) is 13.2 Å². The molecule has 3 rings (SSSR count). The number of amides is 1. The quantitative estimate of drug-likeness (QED) is 0.887. The van der Waals surface area contributed by atoms with E-state index >= 15 is 0 Å². The lowest BCUT2D eigenvalue weighted by molar-refractivity contribution is -0.121. The minimum absolute atomic E-state index is 0.0909. The molecule has 0 saturated carbocycles. The van der Waals surface area contributed by atoms with Crippen molar-refractivity contribution in [1.82, 2.24) is 15.1 Å². The number of aromatic nitrogens is 2. The lowest BCUT2D eigenvalue weighted by Crippen LogP contribution is -2.31. The van der Waals surface area contributed by atoms with Gasteiger partial charge < -0.3 is 10.1 Å². The maximum absolute atomic E-state index is 11.9. The molecule has 1 fully saturated rings. The lowest BCUT2D eigenvalue weighted by Gasteiger charge is -2.11. The van der Waals surface area contributed by atoms with Crippen LogP contribution in [0.5, 0.6) is 0 Å². The Labute approximate surface area is 143 Å². The van der Waals surface area contributed by atoms with Gasteiger partial charge in [-0.25, -0.2) is 4.68 Å². The molecule has 128 valence electrons. The van der Waals surface area contributed by atoms with Gasteiger partial charge in [-0.1, -0.05) is 12.1 Å². The van der Waals surface area contributed by atoms with E-state index in [4.69, 9.17) is 4.74 Å². The maximum atomic E-state index is 11.9. The SMILES string of the molecule is Cc1cc(C)n(-c2ccc(CCC(=O)NCC3CCCO3)cc2)n1. The molecule has 0 radical (unpaired) electrons. The standard InChI is InChI=1S/C19H25N3O2/c1-14-12-15(2)22(21-14)17-8-5-16(6-9-17)7-10-19(23)20-13-18-4-3-11-24-18/h5-6,8-9,12,18H,3-4,7,10-11,13H2,1-2H3,(H,20,23). The monoisotopic (exact) mass is 327 g/mol. The van der Waals surface area contributed by atoms with Crippen LogP contribution in [-0.2, 0) is 16.0 Å². The molecule has 1 aliphatic rings. The van der Waals surface area contributed by atoms with Crippen LogP contribution in [0.1, 0.15) is 36.2 Å². The van der Waals surface area contributed by atoms with Crippen molar-refractivity contribution >= 4 is 5.91 Å². The number of benzene rings is 1. The van der Waals surface area contributed by atoms with Crippen molar-refractivity contribution in [1.29, 1.82) is 0 Å². The zero-order valence-corrected chi connectivity index (χ0v) is 14.4. The number of nitrogens with one attached hydrogen (secondary N) is 1. The van der Waals surface area contributed by atoms with E-state index < -0.39 is 0 Å². The fourth-order valence-electron chi connectivity index (χ4n) is 3.07. The number of carbonyl (C=O) groups excluding carboxylic acids is 1. The topological polar surface area (TPSA) is 56.2 Å². The van der Waals surface area contributed by atoms with E-state index in [0.29, 0.717) is 13.0 Å². The van der Waals surface area contributed by atoms with Crippen LogP contribution >= 0.6 is 0 Å².